The Morgan fingerprint density at radius 2 is 1.94 bits per heavy atom. The normalized spacial score (nSPS) is 10.4. The number of hydrogen-bond acceptors (Lipinski definition) is 2. The van der Waals surface area contributed by atoms with Gasteiger partial charge in [0.15, 0.2) is 0 Å². The van der Waals surface area contributed by atoms with Crippen LogP contribution < -0.4 is 11.1 Å². The Labute approximate surface area is 127 Å². The van der Waals surface area contributed by atoms with E-state index in [2.05, 4.69) is 21.2 Å². The van der Waals surface area contributed by atoms with E-state index < -0.39 is 0 Å². The van der Waals surface area contributed by atoms with Crippen molar-refractivity contribution >= 4 is 55.6 Å². The Kier molecular flexibility index (Phi) is 4.11. The van der Waals surface area contributed by atoms with Crippen LogP contribution in [-0.4, -0.2) is 0 Å². The number of hydrogen-bond donors (Lipinski definition) is 2. The highest BCUT2D eigenvalue weighted by atomic mass is 127. The van der Waals surface area contributed by atoms with Gasteiger partial charge in [-0.3, -0.25) is 0 Å². The predicted octanol–water partition coefficient (Wildman–Crippen LogP) is 4.83. The van der Waals surface area contributed by atoms with Crippen LogP contribution in [0.1, 0.15) is 5.56 Å². The molecule has 2 rings (SSSR count). The highest BCUT2D eigenvalue weighted by molar-refractivity contribution is 14.1. The molecule has 5 heteroatoms. The van der Waals surface area contributed by atoms with Gasteiger partial charge in [-0.1, -0.05) is 15.9 Å². The zero-order chi connectivity index (χ0) is 13.3. The second kappa shape index (κ2) is 5.44. The van der Waals surface area contributed by atoms with Crippen molar-refractivity contribution in [2.45, 2.75) is 6.92 Å². The second-order valence-corrected chi connectivity index (χ2v) is 6.07. The summed E-state index contributed by atoms with van der Waals surface area (Å²) in [6.07, 6.45) is 0. The Hall–Kier alpha value is -0.820. The van der Waals surface area contributed by atoms with E-state index in [9.17, 15) is 4.39 Å². The summed E-state index contributed by atoms with van der Waals surface area (Å²) in [5.74, 6) is -0.279. The van der Waals surface area contributed by atoms with E-state index >= 15 is 0 Å². The third-order valence-electron chi connectivity index (χ3n) is 2.41. The Morgan fingerprint density at radius 3 is 2.61 bits per heavy atom. The van der Waals surface area contributed by atoms with E-state index in [1.807, 2.05) is 47.7 Å². The quantitative estimate of drug-likeness (QED) is 0.539. The van der Waals surface area contributed by atoms with Crippen LogP contribution in [-0.2, 0) is 0 Å². The van der Waals surface area contributed by atoms with Gasteiger partial charge < -0.3 is 11.1 Å². The zero-order valence-corrected chi connectivity index (χ0v) is 13.3. The van der Waals surface area contributed by atoms with E-state index in [1.54, 1.807) is 6.07 Å². The Balaban J connectivity index is 2.36. The van der Waals surface area contributed by atoms with E-state index in [-0.39, 0.29) is 5.82 Å². The van der Waals surface area contributed by atoms with Crippen LogP contribution >= 0.6 is 38.5 Å². The first-order valence-electron chi connectivity index (χ1n) is 5.24. The van der Waals surface area contributed by atoms with Gasteiger partial charge in [-0.25, -0.2) is 4.39 Å². The molecule has 0 aromatic heterocycles. The highest BCUT2D eigenvalue weighted by Crippen LogP contribution is 2.28. The molecule has 0 saturated carbocycles. The molecule has 0 bridgehead atoms. The van der Waals surface area contributed by atoms with Crippen LogP contribution in [0.3, 0.4) is 0 Å². The fourth-order valence-electron chi connectivity index (χ4n) is 1.63. The zero-order valence-electron chi connectivity index (χ0n) is 9.60. The number of nitrogens with two attached hydrogens (primary N) is 1. The molecular formula is C13H11BrFIN2. The number of anilines is 3. The van der Waals surface area contributed by atoms with E-state index in [0.29, 0.717) is 14.9 Å². The van der Waals surface area contributed by atoms with E-state index in [0.717, 1.165) is 15.7 Å². The maximum absolute atomic E-state index is 13.5. The van der Waals surface area contributed by atoms with Crippen molar-refractivity contribution in [2.24, 2.45) is 0 Å². The first-order chi connectivity index (χ1) is 8.45. The summed E-state index contributed by atoms with van der Waals surface area (Å²) in [5.41, 5.74) is 8.95. The number of benzene rings is 2. The predicted molar refractivity (Wildman–Crippen MR) is 85.7 cm³/mol. The van der Waals surface area contributed by atoms with Gasteiger partial charge >= 0.3 is 0 Å². The van der Waals surface area contributed by atoms with Gasteiger partial charge in [0, 0.05) is 16.2 Å². The van der Waals surface area contributed by atoms with E-state index in [4.69, 9.17) is 5.73 Å². The fourth-order valence-corrected chi connectivity index (χ4v) is 2.73. The van der Waals surface area contributed by atoms with Crippen LogP contribution in [0, 0.1) is 16.3 Å². The number of aryl methyl sites for hydroxylation is 1. The average Bonchev–Trinajstić information content (AvgIpc) is 2.24. The number of halogens is 3. The molecule has 0 radical (unpaired) electrons. The molecule has 0 unspecified atom stereocenters. The van der Waals surface area contributed by atoms with Gasteiger partial charge in [-0.15, -0.1) is 0 Å². The number of nitrogen functional groups attached to an aromatic ring is 1. The fraction of sp³-hybridized carbons (Fsp3) is 0.0769. The number of nitrogens with one attached hydrogen (secondary N) is 1. The molecule has 0 aliphatic carbocycles. The lowest BCUT2D eigenvalue weighted by Gasteiger charge is -2.11. The minimum absolute atomic E-state index is 0.279. The average molecular weight is 421 g/mol. The summed E-state index contributed by atoms with van der Waals surface area (Å²) in [6, 6.07) is 8.92. The maximum atomic E-state index is 13.5. The SMILES string of the molecule is Cc1cc(Br)cc(Nc2cc(F)c(I)cc2N)c1. The minimum Gasteiger partial charge on any atom is -0.397 e. The van der Waals surface area contributed by atoms with Crippen LogP contribution in [0.15, 0.2) is 34.8 Å². The molecule has 2 aromatic carbocycles. The topological polar surface area (TPSA) is 38.0 Å². The smallest absolute Gasteiger partial charge is 0.138 e. The Bertz CT molecular complexity index is 582. The summed E-state index contributed by atoms with van der Waals surface area (Å²) < 4.78 is 15.0. The number of rotatable bonds is 2. The van der Waals surface area contributed by atoms with Gasteiger partial charge in [0.1, 0.15) is 5.82 Å². The summed E-state index contributed by atoms with van der Waals surface area (Å²) in [7, 11) is 0. The third kappa shape index (κ3) is 3.14. The molecular weight excluding hydrogens is 410 g/mol. The second-order valence-electron chi connectivity index (χ2n) is 4.00. The van der Waals surface area contributed by atoms with Crippen molar-refractivity contribution in [2.75, 3.05) is 11.1 Å². The summed E-state index contributed by atoms with van der Waals surface area (Å²) >= 11 is 5.34. The van der Waals surface area contributed by atoms with Crippen molar-refractivity contribution in [1.82, 2.24) is 0 Å². The van der Waals surface area contributed by atoms with E-state index in [1.165, 1.54) is 6.07 Å². The molecule has 0 aliphatic rings. The van der Waals surface area contributed by atoms with Crippen molar-refractivity contribution in [3.05, 3.63) is 49.8 Å². The molecule has 2 nitrogen and oxygen atoms in total. The standard InChI is InChI=1S/C13H11BrFIN2/c1-7-2-8(14)4-9(3-7)18-13-5-10(15)11(16)6-12(13)17/h2-6,18H,17H2,1H3. The lowest BCUT2D eigenvalue weighted by molar-refractivity contribution is 0.621. The van der Waals surface area contributed by atoms with Crippen molar-refractivity contribution in [1.29, 1.82) is 0 Å². The van der Waals surface area contributed by atoms with Crippen molar-refractivity contribution in [3.63, 3.8) is 0 Å². The monoisotopic (exact) mass is 420 g/mol. The van der Waals surface area contributed by atoms with Crippen LogP contribution in [0.4, 0.5) is 21.5 Å². The molecule has 94 valence electrons. The van der Waals surface area contributed by atoms with Crippen LogP contribution in [0.25, 0.3) is 0 Å². The molecule has 0 atom stereocenters. The molecule has 0 amide bonds. The van der Waals surface area contributed by atoms with Gasteiger partial charge in [0.05, 0.1) is 14.9 Å². The highest BCUT2D eigenvalue weighted by Gasteiger charge is 2.06. The van der Waals surface area contributed by atoms with Gasteiger partial charge in [-0.2, -0.15) is 0 Å². The lowest BCUT2D eigenvalue weighted by atomic mass is 10.2. The molecule has 0 saturated heterocycles. The molecule has 0 heterocycles. The third-order valence-corrected chi connectivity index (χ3v) is 3.70. The summed E-state index contributed by atoms with van der Waals surface area (Å²) in [5, 5.41) is 3.12. The molecule has 3 N–H and O–H groups in total. The van der Waals surface area contributed by atoms with Crippen LogP contribution in [0.5, 0.6) is 0 Å². The van der Waals surface area contributed by atoms with Gasteiger partial charge in [-0.05, 0) is 59.3 Å². The molecule has 18 heavy (non-hydrogen) atoms. The summed E-state index contributed by atoms with van der Waals surface area (Å²) in [4.78, 5) is 0. The largest absolute Gasteiger partial charge is 0.397 e. The van der Waals surface area contributed by atoms with Gasteiger partial charge in [0.25, 0.3) is 0 Å². The van der Waals surface area contributed by atoms with Gasteiger partial charge in [0.2, 0.25) is 0 Å². The molecule has 0 aliphatic heterocycles. The molecule has 2 aromatic rings. The Morgan fingerprint density at radius 1 is 1.22 bits per heavy atom. The van der Waals surface area contributed by atoms with Crippen molar-refractivity contribution in [3.8, 4) is 0 Å². The molecule has 0 spiro atoms. The first kappa shape index (κ1) is 13.6. The maximum Gasteiger partial charge on any atom is 0.138 e. The molecule has 0 fully saturated rings. The van der Waals surface area contributed by atoms with Crippen LogP contribution in [0.2, 0.25) is 0 Å². The first-order valence-corrected chi connectivity index (χ1v) is 7.11. The summed E-state index contributed by atoms with van der Waals surface area (Å²) in [6.45, 7) is 1.99. The lowest BCUT2D eigenvalue weighted by Crippen LogP contribution is -1.99. The van der Waals surface area contributed by atoms with Crippen molar-refractivity contribution < 1.29 is 4.39 Å². The minimum atomic E-state index is -0.279.